The van der Waals surface area contributed by atoms with Crippen molar-refractivity contribution >= 4 is 17.4 Å². The Morgan fingerprint density at radius 3 is 2.68 bits per heavy atom. The number of hydrogen-bond donors (Lipinski definition) is 3. The summed E-state index contributed by atoms with van der Waals surface area (Å²) in [6.07, 6.45) is 0.882. The van der Waals surface area contributed by atoms with Gasteiger partial charge in [0.2, 0.25) is 5.91 Å². The molecule has 2 rings (SSSR count). The topological polar surface area (TPSA) is 96.9 Å². The van der Waals surface area contributed by atoms with Gasteiger partial charge in [0.1, 0.15) is 0 Å². The van der Waals surface area contributed by atoms with E-state index in [1.165, 1.54) is 0 Å². The van der Waals surface area contributed by atoms with Crippen LogP contribution in [-0.4, -0.2) is 29.7 Å². The first-order chi connectivity index (χ1) is 9.10. The van der Waals surface area contributed by atoms with Gasteiger partial charge in [0.25, 0.3) is 0 Å². The maximum Gasteiger partial charge on any atom is 0.229 e. The molecule has 0 saturated carbocycles. The Labute approximate surface area is 111 Å². The molecular formula is C13H17N3O3. The van der Waals surface area contributed by atoms with Gasteiger partial charge in [-0.25, -0.2) is 0 Å². The first-order valence-electron chi connectivity index (χ1n) is 6.10. The van der Waals surface area contributed by atoms with Gasteiger partial charge in [0.05, 0.1) is 18.6 Å². The molecule has 6 nitrogen and oxygen atoms in total. The highest BCUT2D eigenvalue weighted by molar-refractivity contribution is 5.98. The quantitative estimate of drug-likeness (QED) is 0.330. The van der Waals surface area contributed by atoms with Crippen molar-refractivity contribution in [2.45, 2.75) is 19.4 Å². The van der Waals surface area contributed by atoms with Crippen molar-refractivity contribution in [2.75, 3.05) is 11.9 Å². The molecule has 0 aromatic heterocycles. The normalized spacial score (nSPS) is 23.3. The fraction of sp³-hybridized carbons (Fsp3) is 0.385. The third-order valence-electron chi connectivity index (χ3n) is 3.13. The Balaban J connectivity index is 1.98. The van der Waals surface area contributed by atoms with E-state index in [-0.39, 0.29) is 23.8 Å². The number of carbonyl (C=O) groups is 1. The second-order valence-electron chi connectivity index (χ2n) is 4.63. The second-order valence-corrected chi connectivity index (χ2v) is 4.63. The molecule has 0 spiro atoms. The van der Waals surface area contributed by atoms with Crippen molar-refractivity contribution in [3.05, 3.63) is 29.8 Å². The van der Waals surface area contributed by atoms with Crippen molar-refractivity contribution < 1.29 is 14.7 Å². The fourth-order valence-electron chi connectivity index (χ4n) is 2.03. The van der Waals surface area contributed by atoms with Crippen LogP contribution in [0.3, 0.4) is 0 Å². The van der Waals surface area contributed by atoms with Crippen LogP contribution in [0.1, 0.15) is 18.9 Å². The molecule has 0 radical (unpaired) electrons. The summed E-state index contributed by atoms with van der Waals surface area (Å²) in [5.41, 5.74) is 6.73. The number of nitrogens with one attached hydrogen (secondary N) is 1. The predicted octanol–water partition coefficient (Wildman–Crippen LogP) is 1.14. The van der Waals surface area contributed by atoms with Gasteiger partial charge >= 0.3 is 0 Å². The van der Waals surface area contributed by atoms with Gasteiger partial charge in [-0.2, -0.15) is 0 Å². The van der Waals surface area contributed by atoms with Gasteiger partial charge < -0.3 is 21.0 Å². The summed E-state index contributed by atoms with van der Waals surface area (Å²) in [4.78, 5) is 12.0. The monoisotopic (exact) mass is 263 g/mol. The maximum absolute atomic E-state index is 12.0. The number of amidine groups is 1. The maximum atomic E-state index is 12.0. The smallest absolute Gasteiger partial charge is 0.229 e. The summed E-state index contributed by atoms with van der Waals surface area (Å²) in [5, 5.41) is 14.3. The fourth-order valence-corrected chi connectivity index (χ4v) is 2.03. The van der Waals surface area contributed by atoms with Crippen LogP contribution in [0.15, 0.2) is 29.4 Å². The Kier molecular flexibility index (Phi) is 4.01. The number of nitrogens with zero attached hydrogens (tertiary/aromatic N) is 1. The lowest BCUT2D eigenvalue weighted by Gasteiger charge is -2.09. The molecule has 1 fully saturated rings. The molecule has 1 saturated heterocycles. The van der Waals surface area contributed by atoms with Crippen LogP contribution in [0.25, 0.3) is 0 Å². The van der Waals surface area contributed by atoms with E-state index in [4.69, 9.17) is 15.7 Å². The number of nitrogens with two attached hydrogens (primary N) is 1. The van der Waals surface area contributed by atoms with Crippen LogP contribution in [0, 0.1) is 5.92 Å². The van der Waals surface area contributed by atoms with E-state index in [1.807, 2.05) is 6.92 Å². The molecule has 19 heavy (non-hydrogen) atoms. The van der Waals surface area contributed by atoms with Crippen LogP contribution >= 0.6 is 0 Å². The highest BCUT2D eigenvalue weighted by Crippen LogP contribution is 2.21. The standard InChI is InChI=1S/C13H17N3O3/c1-8-6-10(7-19-8)13(17)15-11-4-2-9(3-5-11)12(14)16-18/h2-5,8,10,18H,6-7H2,1H3,(H2,14,16)(H,15,17). The van der Waals surface area contributed by atoms with Crippen LogP contribution in [0.5, 0.6) is 0 Å². The Hall–Kier alpha value is -2.08. The van der Waals surface area contributed by atoms with Gasteiger partial charge in [0.15, 0.2) is 5.84 Å². The lowest BCUT2D eigenvalue weighted by atomic mass is 10.1. The number of carbonyl (C=O) groups excluding carboxylic acids is 1. The molecular weight excluding hydrogens is 246 g/mol. The van der Waals surface area contributed by atoms with Crippen LogP contribution < -0.4 is 11.1 Å². The minimum atomic E-state index is -0.0984. The van der Waals surface area contributed by atoms with Crippen LogP contribution in [-0.2, 0) is 9.53 Å². The van der Waals surface area contributed by atoms with E-state index in [2.05, 4.69) is 10.5 Å². The number of oxime groups is 1. The zero-order valence-corrected chi connectivity index (χ0v) is 10.7. The molecule has 1 amide bonds. The number of amides is 1. The van der Waals surface area contributed by atoms with Crippen molar-refractivity contribution in [1.29, 1.82) is 0 Å². The predicted molar refractivity (Wildman–Crippen MR) is 71.1 cm³/mol. The summed E-state index contributed by atoms with van der Waals surface area (Å²) in [6, 6.07) is 6.78. The van der Waals surface area contributed by atoms with Crippen molar-refractivity contribution in [1.82, 2.24) is 0 Å². The Morgan fingerprint density at radius 2 is 2.16 bits per heavy atom. The summed E-state index contributed by atoms with van der Waals surface area (Å²) in [6.45, 7) is 2.42. The van der Waals surface area contributed by atoms with Gasteiger partial charge in [-0.1, -0.05) is 5.16 Å². The van der Waals surface area contributed by atoms with Gasteiger partial charge in [-0.15, -0.1) is 0 Å². The van der Waals surface area contributed by atoms with E-state index in [0.717, 1.165) is 6.42 Å². The molecule has 1 heterocycles. The van der Waals surface area contributed by atoms with E-state index in [1.54, 1.807) is 24.3 Å². The van der Waals surface area contributed by atoms with E-state index in [9.17, 15) is 4.79 Å². The zero-order valence-electron chi connectivity index (χ0n) is 10.7. The number of benzene rings is 1. The minimum Gasteiger partial charge on any atom is -0.409 e. The van der Waals surface area contributed by atoms with Crippen LogP contribution in [0.4, 0.5) is 5.69 Å². The van der Waals surface area contributed by atoms with Gasteiger partial charge in [-0.05, 0) is 37.6 Å². The zero-order chi connectivity index (χ0) is 13.8. The summed E-state index contributed by atoms with van der Waals surface area (Å²) in [7, 11) is 0. The number of hydrogen-bond acceptors (Lipinski definition) is 4. The van der Waals surface area contributed by atoms with Crippen molar-refractivity contribution in [3.8, 4) is 0 Å². The van der Waals surface area contributed by atoms with Gasteiger partial charge in [0, 0.05) is 11.3 Å². The molecule has 1 aliphatic heterocycles. The molecule has 0 aliphatic carbocycles. The Bertz CT molecular complexity index is 484. The Morgan fingerprint density at radius 1 is 1.47 bits per heavy atom. The van der Waals surface area contributed by atoms with Crippen molar-refractivity contribution in [2.24, 2.45) is 16.8 Å². The highest BCUT2D eigenvalue weighted by Gasteiger charge is 2.28. The number of anilines is 1. The first-order valence-corrected chi connectivity index (χ1v) is 6.10. The average molecular weight is 263 g/mol. The lowest BCUT2D eigenvalue weighted by Crippen LogP contribution is -2.23. The molecule has 6 heteroatoms. The summed E-state index contributed by atoms with van der Waals surface area (Å²) < 4.78 is 5.37. The molecule has 1 aromatic rings. The lowest BCUT2D eigenvalue weighted by molar-refractivity contribution is -0.119. The average Bonchev–Trinajstić information content (AvgIpc) is 2.85. The molecule has 2 atom stereocenters. The summed E-state index contributed by atoms with van der Waals surface area (Å²) in [5.74, 6) is -0.101. The number of ether oxygens (including phenoxy) is 1. The minimum absolute atomic E-state index is 0.0379. The molecule has 102 valence electrons. The third kappa shape index (κ3) is 3.23. The molecule has 4 N–H and O–H groups in total. The number of rotatable bonds is 3. The SMILES string of the molecule is CC1CC(C(=O)Nc2ccc(/C(N)=N/O)cc2)CO1. The van der Waals surface area contributed by atoms with Crippen LogP contribution in [0.2, 0.25) is 0 Å². The molecule has 1 aliphatic rings. The molecule has 0 bridgehead atoms. The van der Waals surface area contributed by atoms with Gasteiger partial charge in [-0.3, -0.25) is 4.79 Å². The van der Waals surface area contributed by atoms with E-state index in [0.29, 0.717) is 17.9 Å². The third-order valence-corrected chi connectivity index (χ3v) is 3.13. The highest BCUT2D eigenvalue weighted by atomic mass is 16.5. The second kappa shape index (κ2) is 5.71. The van der Waals surface area contributed by atoms with E-state index < -0.39 is 0 Å². The largest absolute Gasteiger partial charge is 0.409 e. The van der Waals surface area contributed by atoms with E-state index >= 15 is 0 Å². The molecule has 2 unspecified atom stereocenters. The molecule has 1 aromatic carbocycles. The van der Waals surface area contributed by atoms with Crippen molar-refractivity contribution in [3.63, 3.8) is 0 Å². The summed E-state index contributed by atoms with van der Waals surface area (Å²) >= 11 is 0. The first kappa shape index (κ1) is 13.4.